The Morgan fingerprint density at radius 1 is 1.07 bits per heavy atom. The highest BCUT2D eigenvalue weighted by molar-refractivity contribution is 5.80. The Balaban J connectivity index is 1.66. The number of H-pyrrole nitrogens is 1. The molecule has 1 aliphatic heterocycles. The highest BCUT2D eigenvalue weighted by Gasteiger charge is 2.23. The molecule has 0 fully saturated rings. The van der Waals surface area contributed by atoms with Crippen LogP contribution in [0.15, 0.2) is 47.3 Å². The van der Waals surface area contributed by atoms with Crippen molar-refractivity contribution < 1.29 is 9.47 Å². The monoisotopic (exact) mass is 364 g/mol. The molecule has 1 aliphatic rings. The molecule has 3 N–H and O–H groups in total. The minimum Gasteiger partial charge on any atom is -0.486 e. The third kappa shape index (κ3) is 3.43. The highest BCUT2D eigenvalue weighted by atomic mass is 16.6. The Bertz CT molecular complexity index is 1050. The average molecular weight is 364 g/mol. The first-order chi connectivity index (χ1) is 13.0. The van der Waals surface area contributed by atoms with Crippen LogP contribution in [0.3, 0.4) is 0 Å². The minimum atomic E-state index is -0.585. The summed E-state index contributed by atoms with van der Waals surface area (Å²) in [6.07, 6.45) is 1.36. The topological polar surface area (TPSA) is 77.3 Å². The summed E-state index contributed by atoms with van der Waals surface area (Å²) >= 11 is 0. The number of aryl methyl sites for hydroxylation is 1. The number of aromatic nitrogens is 1. The summed E-state index contributed by atoms with van der Waals surface area (Å²) in [5.41, 5.74) is 9.71. The number of aromatic amines is 1. The van der Waals surface area contributed by atoms with Crippen molar-refractivity contribution in [1.82, 2.24) is 4.98 Å². The molecular formula is C22H24N2O3. The van der Waals surface area contributed by atoms with Crippen LogP contribution in [-0.4, -0.2) is 18.2 Å². The number of rotatable bonds is 4. The summed E-state index contributed by atoms with van der Waals surface area (Å²) in [6, 6.07) is 13.9. The van der Waals surface area contributed by atoms with Crippen molar-refractivity contribution >= 4 is 10.9 Å². The maximum atomic E-state index is 12.1. The highest BCUT2D eigenvalue weighted by Crippen LogP contribution is 2.33. The molecule has 0 radical (unpaired) electrons. The van der Waals surface area contributed by atoms with Crippen LogP contribution in [0.4, 0.5) is 0 Å². The minimum absolute atomic E-state index is 0.0345. The second-order valence-corrected chi connectivity index (χ2v) is 7.35. The molecule has 2 heterocycles. The van der Waals surface area contributed by atoms with Crippen LogP contribution >= 0.6 is 0 Å². The van der Waals surface area contributed by atoms with E-state index >= 15 is 0 Å². The molecule has 27 heavy (non-hydrogen) atoms. The molecule has 1 aromatic heterocycles. The number of hydrogen-bond donors (Lipinski definition) is 2. The molecule has 1 unspecified atom stereocenters. The molecule has 3 aromatic rings. The maximum Gasteiger partial charge on any atom is 0.251 e. The van der Waals surface area contributed by atoms with Gasteiger partial charge in [-0.15, -0.1) is 0 Å². The number of nitrogens with two attached hydrogens (primary N) is 1. The molecule has 5 nitrogen and oxygen atoms in total. The molecule has 0 saturated carbocycles. The molecule has 5 heteroatoms. The molecule has 4 rings (SSSR count). The van der Waals surface area contributed by atoms with Crippen LogP contribution < -0.4 is 20.8 Å². The molecule has 2 aromatic carbocycles. The Hall–Kier alpha value is -2.79. The van der Waals surface area contributed by atoms with Crippen molar-refractivity contribution in [3.8, 4) is 11.5 Å². The molecular weight excluding hydrogens is 340 g/mol. The van der Waals surface area contributed by atoms with E-state index in [1.807, 2.05) is 56.3 Å². The zero-order valence-electron chi connectivity index (χ0n) is 15.7. The lowest BCUT2D eigenvalue weighted by Crippen LogP contribution is -2.35. The van der Waals surface area contributed by atoms with Gasteiger partial charge in [-0.05, 0) is 60.5 Å². The third-order valence-electron chi connectivity index (χ3n) is 5.14. The van der Waals surface area contributed by atoms with Crippen molar-refractivity contribution in [3.05, 3.63) is 69.5 Å². The van der Waals surface area contributed by atoms with Crippen LogP contribution in [0.1, 0.15) is 30.5 Å². The van der Waals surface area contributed by atoms with Gasteiger partial charge in [0.2, 0.25) is 0 Å². The first-order valence-electron chi connectivity index (χ1n) is 9.30. The molecule has 0 bridgehead atoms. The van der Waals surface area contributed by atoms with Gasteiger partial charge in [0.05, 0.1) is 0 Å². The predicted molar refractivity (Wildman–Crippen MR) is 107 cm³/mol. The standard InChI is InChI=1S/C22H24N2O3/c1-3-15-11-16-5-6-17(12-18(16)24-21(15)25)22(2,23)13-14-4-7-19-20(10-14)27-9-8-26-19/h4-7,10-12H,3,8-9,13,23H2,1-2H3,(H,24,25). The van der Waals surface area contributed by atoms with E-state index in [2.05, 4.69) is 4.98 Å². The smallest absolute Gasteiger partial charge is 0.251 e. The fourth-order valence-corrected chi connectivity index (χ4v) is 3.59. The van der Waals surface area contributed by atoms with Gasteiger partial charge in [0.15, 0.2) is 11.5 Å². The lowest BCUT2D eigenvalue weighted by molar-refractivity contribution is 0.171. The summed E-state index contributed by atoms with van der Waals surface area (Å²) in [5.74, 6) is 1.54. The largest absolute Gasteiger partial charge is 0.486 e. The first-order valence-corrected chi connectivity index (χ1v) is 9.30. The van der Waals surface area contributed by atoms with E-state index < -0.39 is 5.54 Å². The Morgan fingerprint density at radius 2 is 1.85 bits per heavy atom. The van der Waals surface area contributed by atoms with E-state index in [9.17, 15) is 4.79 Å². The number of nitrogens with one attached hydrogen (secondary N) is 1. The fourth-order valence-electron chi connectivity index (χ4n) is 3.59. The summed E-state index contributed by atoms with van der Waals surface area (Å²) in [7, 11) is 0. The lowest BCUT2D eigenvalue weighted by Gasteiger charge is -2.27. The van der Waals surface area contributed by atoms with Gasteiger partial charge in [-0.3, -0.25) is 4.79 Å². The van der Waals surface area contributed by atoms with Crippen molar-refractivity contribution in [2.45, 2.75) is 32.2 Å². The summed E-state index contributed by atoms with van der Waals surface area (Å²) < 4.78 is 11.3. The molecule has 0 amide bonds. The predicted octanol–water partition coefficient (Wildman–Crippen LogP) is 3.28. The number of ether oxygens (including phenoxy) is 2. The molecule has 1 atom stereocenters. The van der Waals surface area contributed by atoms with E-state index in [1.165, 1.54) is 0 Å². The van der Waals surface area contributed by atoms with Crippen LogP contribution in [0.5, 0.6) is 11.5 Å². The van der Waals surface area contributed by atoms with Gasteiger partial charge in [0.25, 0.3) is 5.56 Å². The van der Waals surface area contributed by atoms with E-state index in [4.69, 9.17) is 15.2 Å². The summed E-state index contributed by atoms with van der Waals surface area (Å²) in [4.78, 5) is 15.1. The molecule has 140 valence electrons. The number of benzene rings is 2. The number of hydrogen-bond acceptors (Lipinski definition) is 4. The molecule has 0 aliphatic carbocycles. The van der Waals surface area contributed by atoms with E-state index in [1.54, 1.807) is 0 Å². The van der Waals surface area contributed by atoms with Gasteiger partial charge in [-0.1, -0.05) is 25.1 Å². The summed E-state index contributed by atoms with van der Waals surface area (Å²) in [6.45, 7) is 5.13. The van der Waals surface area contributed by atoms with Gasteiger partial charge in [0, 0.05) is 16.6 Å². The zero-order chi connectivity index (χ0) is 19.0. The van der Waals surface area contributed by atoms with E-state index in [-0.39, 0.29) is 5.56 Å². The van der Waals surface area contributed by atoms with Gasteiger partial charge >= 0.3 is 0 Å². The van der Waals surface area contributed by atoms with Crippen LogP contribution in [0.25, 0.3) is 10.9 Å². The van der Waals surface area contributed by atoms with Crippen LogP contribution in [0.2, 0.25) is 0 Å². The third-order valence-corrected chi connectivity index (χ3v) is 5.14. The second-order valence-electron chi connectivity index (χ2n) is 7.35. The lowest BCUT2D eigenvalue weighted by atomic mass is 9.86. The summed E-state index contributed by atoms with van der Waals surface area (Å²) in [5, 5.41) is 1.02. The second kappa shape index (κ2) is 6.74. The van der Waals surface area contributed by atoms with Crippen molar-refractivity contribution in [3.63, 3.8) is 0 Å². The van der Waals surface area contributed by atoms with Gasteiger partial charge in [-0.25, -0.2) is 0 Å². The molecule has 0 saturated heterocycles. The quantitative estimate of drug-likeness (QED) is 0.745. The van der Waals surface area contributed by atoms with Crippen LogP contribution in [-0.2, 0) is 18.4 Å². The van der Waals surface area contributed by atoms with Crippen LogP contribution in [0, 0.1) is 0 Å². The normalized spacial score (nSPS) is 15.5. The van der Waals surface area contributed by atoms with Crippen molar-refractivity contribution in [1.29, 1.82) is 0 Å². The Kier molecular flexibility index (Phi) is 4.40. The van der Waals surface area contributed by atoms with Gasteiger partial charge in [-0.2, -0.15) is 0 Å². The number of pyridine rings is 1. The van der Waals surface area contributed by atoms with E-state index in [0.29, 0.717) is 26.1 Å². The Labute approximate surface area is 158 Å². The van der Waals surface area contributed by atoms with Crippen molar-refractivity contribution in [2.75, 3.05) is 13.2 Å². The maximum absolute atomic E-state index is 12.1. The van der Waals surface area contributed by atoms with E-state index in [0.717, 1.165) is 39.1 Å². The molecule has 0 spiro atoms. The first kappa shape index (κ1) is 17.6. The van der Waals surface area contributed by atoms with Crippen molar-refractivity contribution in [2.24, 2.45) is 5.73 Å². The Morgan fingerprint density at radius 3 is 2.63 bits per heavy atom. The fraction of sp³-hybridized carbons (Fsp3) is 0.318. The number of fused-ring (bicyclic) bond motifs is 2. The average Bonchev–Trinajstić information content (AvgIpc) is 2.66. The van der Waals surface area contributed by atoms with Gasteiger partial charge in [0.1, 0.15) is 13.2 Å². The zero-order valence-corrected chi connectivity index (χ0v) is 15.7. The SMILES string of the molecule is CCc1cc2ccc(C(C)(N)Cc3ccc4c(c3)OCCO4)cc2[nH]c1=O. The van der Waals surface area contributed by atoms with Gasteiger partial charge < -0.3 is 20.2 Å².